The van der Waals surface area contributed by atoms with Gasteiger partial charge >= 0.3 is 0 Å². The lowest BCUT2D eigenvalue weighted by Gasteiger charge is -2.10. The minimum Gasteiger partial charge on any atom is -0.482 e. The second-order valence-electron chi connectivity index (χ2n) is 4.18. The fraction of sp³-hybridized carbons (Fsp3) is 0.267. The summed E-state index contributed by atoms with van der Waals surface area (Å²) >= 11 is 0. The van der Waals surface area contributed by atoms with Crippen LogP contribution >= 0.6 is 0 Å². The zero-order valence-electron chi connectivity index (χ0n) is 11.0. The van der Waals surface area contributed by atoms with E-state index in [9.17, 15) is 4.79 Å². The van der Waals surface area contributed by atoms with Crippen LogP contribution in [0.15, 0.2) is 45.6 Å². The molecule has 0 amide bonds. The standard InChI is InChI=1S/C15H16O4/c1-11-8-13(16)15(14(19-11)10-17-2)18-9-12-6-4-3-5-7-12/h3-8H,9-10H2,1-2H3. The number of benzene rings is 1. The molecule has 0 aliphatic heterocycles. The lowest BCUT2D eigenvalue weighted by molar-refractivity contribution is 0.151. The topological polar surface area (TPSA) is 48.7 Å². The van der Waals surface area contributed by atoms with Gasteiger partial charge < -0.3 is 13.9 Å². The van der Waals surface area contributed by atoms with Crippen molar-refractivity contribution in [2.45, 2.75) is 20.1 Å². The molecule has 0 unspecified atom stereocenters. The van der Waals surface area contributed by atoms with Crippen molar-refractivity contribution < 1.29 is 13.9 Å². The molecule has 0 N–H and O–H groups in total. The highest BCUT2D eigenvalue weighted by atomic mass is 16.5. The molecule has 2 rings (SSSR count). The van der Waals surface area contributed by atoms with Gasteiger partial charge in [0.05, 0.1) is 0 Å². The average Bonchev–Trinajstić information content (AvgIpc) is 2.39. The van der Waals surface area contributed by atoms with Crippen LogP contribution in [0.2, 0.25) is 0 Å². The van der Waals surface area contributed by atoms with Crippen molar-refractivity contribution in [2.24, 2.45) is 0 Å². The van der Waals surface area contributed by atoms with Crippen molar-refractivity contribution >= 4 is 0 Å². The van der Waals surface area contributed by atoms with E-state index in [4.69, 9.17) is 13.9 Å². The highest BCUT2D eigenvalue weighted by Gasteiger charge is 2.12. The largest absolute Gasteiger partial charge is 0.482 e. The average molecular weight is 260 g/mol. The molecule has 19 heavy (non-hydrogen) atoms. The molecule has 0 aliphatic rings. The second-order valence-corrected chi connectivity index (χ2v) is 4.18. The molecule has 4 nitrogen and oxygen atoms in total. The second kappa shape index (κ2) is 6.20. The van der Waals surface area contributed by atoms with Crippen molar-refractivity contribution in [1.82, 2.24) is 0 Å². The molecule has 4 heteroatoms. The summed E-state index contributed by atoms with van der Waals surface area (Å²) in [4.78, 5) is 11.9. The minimum atomic E-state index is -0.188. The van der Waals surface area contributed by atoms with Gasteiger partial charge in [-0.25, -0.2) is 0 Å². The first-order chi connectivity index (χ1) is 9.20. The smallest absolute Gasteiger partial charge is 0.227 e. The third-order valence-corrected chi connectivity index (χ3v) is 2.60. The number of rotatable bonds is 5. The molecule has 1 aromatic carbocycles. The maximum atomic E-state index is 11.9. The minimum absolute atomic E-state index is 0.188. The summed E-state index contributed by atoms with van der Waals surface area (Å²) in [5.41, 5.74) is 0.803. The van der Waals surface area contributed by atoms with Gasteiger partial charge in [-0.05, 0) is 12.5 Å². The molecule has 2 aromatic rings. The van der Waals surface area contributed by atoms with Crippen LogP contribution in [-0.4, -0.2) is 7.11 Å². The molecule has 0 aliphatic carbocycles. The van der Waals surface area contributed by atoms with E-state index < -0.39 is 0 Å². The van der Waals surface area contributed by atoms with Crippen molar-refractivity contribution in [2.75, 3.05) is 7.11 Å². The molecule has 0 spiro atoms. The Morgan fingerprint density at radius 2 is 1.89 bits per heavy atom. The Morgan fingerprint density at radius 1 is 1.16 bits per heavy atom. The van der Waals surface area contributed by atoms with Gasteiger partial charge in [0.1, 0.15) is 19.0 Å². The van der Waals surface area contributed by atoms with Gasteiger partial charge in [0.25, 0.3) is 0 Å². The van der Waals surface area contributed by atoms with E-state index in [1.165, 1.54) is 6.07 Å². The van der Waals surface area contributed by atoms with Crippen LogP contribution in [0, 0.1) is 6.92 Å². The van der Waals surface area contributed by atoms with Crippen molar-refractivity contribution in [3.05, 3.63) is 63.7 Å². The van der Waals surface area contributed by atoms with Gasteiger partial charge in [-0.1, -0.05) is 30.3 Å². The normalized spacial score (nSPS) is 10.4. The molecular formula is C15H16O4. The van der Waals surface area contributed by atoms with Crippen molar-refractivity contribution in [3.8, 4) is 5.75 Å². The summed E-state index contributed by atoms with van der Waals surface area (Å²) in [7, 11) is 1.54. The highest BCUT2D eigenvalue weighted by Crippen LogP contribution is 2.17. The number of hydrogen-bond donors (Lipinski definition) is 0. The lowest BCUT2D eigenvalue weighted by atomic mass is 10.2. The van der Waals surface area contributed by atoms with Gasteiger partial charge in [-0.15, -0.1) is 0 Å². The summed E-state index contributed by atoms with van der Waals surface area (Å²) in [6, 6.07) is 11.1. The maximum Gasteiger partial charge on any atom is 0.227 e. The van der Waals surface area contributed by atoms with E-state index in [0.29, 0.717) is 18.1 Å². The quantitative estimate of drug-likeness (QED) is 0.829. The number of ether oxygens (including phenoxy) is 2. The summed E-state index contributed by atoms with van der Waals surface area (Å²) < 4.78 is 16.1. The van der Waals surface area contributed by atoms with Crippen LogP contribution in [0.3, 0.4) is 0 Å². The van der Waals surface area contributed by atoms with Crippen LogP contribution in [0.5, 0.6) is 5.75 Å². The Hall–Kier alpha value is -2.07. The Labute approximate surface area is 111 Å². The predicted octanol–water partition coefficient (Wildman–Crippen LogP) is 2.67. The Kier molecular flexibility index (Phi) is 4.36. The number of hydrogen-bond acceptors (Lipinski definition) is 4. The molecule has 0 bridgehead atoms. The molecule has 100 valence electrons. The fourth-order valence-corrected chi connectivity index (χ4v) is 1.77. The van der Waals surface area contributed by atoms with Crippen molar-refractivity contribution in [1.29, 1.82) is 0 Å². The van der Waals surface area contributed by atoms with E-state index in [0.717, 1.165) is 5.56 Å². The van der Waals surface area contributed by atoms with Gasteiger partial charge in [0.2, 0.25) is 11.2 Å². The number of methoxy groups -OCH3 is 1. The SMILES string of the molecule is COCc1oc(C)cc(=O)c1OCc1ccccc1. The Bertz CT molecular complexity index is 587. The molecule has 1 aromatic heterocycles. The van der Waals surface area contributed by atoms with Gasteiger partial charge in [-0.2, -0.15) is 0 Å². The molecule has 0 atom stereocenters. The Morgan fingerprint density at radius 3 is 2.58 bits per heavy atom. The van der Waals surface area contributed by atoms with Crippen LogP contribution in [0.25, 0.3) is 0 Å². The number of aryl methyl sites for hydroxylation is 1. The highest BCUT2D eigenvalue weighted by molar-refractivity contribution is 5.26. The zero-order chi connectivity index (χ0) is 13.7. The predicted molar refractivity (Wildman–Crippen MR) is 71.2 cm³/mol. The lowest BCUT2D eigenvalue weighted by Crippen LogP contribution is -2.11. The molecular weight excluding hydrogens is 244 g/mol. The van der Waals surface area contributed by atoms with Gasteiger partial charge in [0, 0.05) is 13.2 Å². The third kappa shape index (κ3) is 3.45. The van der Waals surface area contributed by atoms with Crippen LogP contribution in [0.1, 0.15) is 17.1 Å². The van der Waals surface area contributed by atoms with Gasteiger partial charge in [-0.3, -0.25) is 4.79 Å². The molecule has 1 heterocycles. The summed E-state index contributed by atoms with van der Waals surface area (Å²) in [6.45, 7) is 2.26. The van der Waals surface area contributed by atoms with E-state index in [1.54, 1.807) is 14.0 Å². The zero-order valence-corrected chi connectivity index (χ0v) is 11.0. The van der Waals surface area contributed by atoms with Crippen LogP contribution < -0.4 is 10.2 Å². The van der Waals surface area contributed by atoms with Crippen LogP contribution in [-0.2, 0) is 18.0 Å². The molecule has 0 radical (unpaired) electrons. The van der Waals surface area contributed by atoms with E-state index in [1.807, 2.05) is 30.3 Å². The fourth-order valence-electron chi connectivity index (χ4n) is 1.77. The van der Waals surface area contributed by atoms with E-state index in [2.05, 4.69) is 0 Å². The monoisotopic (exact) mass is 260 g/mol. The molecule has 0 saturated carbocycles. The first-order valence-electron chi connectivity index (χ1n) is 6.00. The maximum absolute atomic E-state index is 11.9. The van der Waals surface area contributed by atoms with Gasteiger partial charge in [0.15, 0.2) is 5.76 Å². The summed E-state index contributed by atoms with van der Waals surface area (Å²) in [5.74, 6) is 1.18. The Balaban J connectivity index is 2.22. The van der Waals surface area contributed by atoms with E-state index >= 15 is 0 Å². The first-order valence-corrected chi connectivity index (χ1v) is 6.00. The van der Waals surface area contributed by atoms with Crippen molar-refractivity contribution in [3.63, 3.8) is 0 Å². The molecule has 0 fully saturated rings. The van der Waals surface area contributed by atoms with E-state index in [-0.39, 0.29) is 17.8 Å². The summed E-state index contributed by atoms with van der Waals surface area (Å²) in [5, 5.41) is 0. The summed E-state index contributed by atoms with van der Waals surface area (Å²) in [6.07, 6.45) is 0. The molecule has 0 saturated heterocycles. The third-order valence-electron chi connectivity index (χ3n) is 2.60. The first kappa shape index (κ1) is 13.4. The van der Waals surface area contributed by atoms with Crippen LogP contribution in [0.4, 0.5) is 0 Å².